The van der Waals surface area contributed by atoms with E-state index < -0.39 is 0 Å². The highest BCUT2D eigenvalue weighted by Crippen LogP contribution is 2.28. The van der Waals surface area contributed by atoms with Crippen molar-refractivity contribution < 1.29 is 9.59 Å². The lowest BCUT2D eigenvalue weighted by molar-refractivity contribution is 0.0974. The zero-order valence-electron chi connectivity index (χ0n) is 15.5. The van der Waals surface area contributed by atoms with Gasteiger partial charge in [-0.15, -0.1) is 0 Å². The monoisotopic (exact) mass is 379 g/mol. The van der Waals surface area contributed by atoms with Crippen LogP contribution in [0.3, 0.4) is 0 Å². The maximum atomic E-state index is 12.8. The van der Waals surface area contributed by atoms with Crippen LogP contribution in [0.5, 0.6) is 0 Å². The van der Waals surface area contributed by atoms with E-state index in [2.05, 4.69) is 25.2 Å². The number of fused-ring (bicyclic) bond motifs is 1. The van der Waals surface area contributed by atoms with Crippen molar-refractivity contribution in [3.8, 4) is 0 Å². The molecule has 2 aromatic rings. The van der Waals surface area contributed by atoms with Gasteiger partial charge in [0.05, 0.1) is 0 Å². The van der Waals surface area contributed by atoms with E-state index in [-0.39, 0.29) is 22.3 Å². The molecule has 0 aliphatic heterocycles. The van der Waals surface area contributed by atoms with Crippen molar-refractivity contribution >= 4 is 23.2 Å². The van der Waals surface area contributed by atoms with Crippen LogP contribution in [0.1, 0.15) is 52.1 Å². The largest absolute Gasteiger partial charge is 0.376 e. The molecule has 0 radical (unpaired) electrons. The van der Waals surface area contributed by atoms with E-state index in [9.17, 15) is 9.59 Å². The first-order valence-electron chi connectivity index (χ1n) is 9.00. The molecular formula is C23H22ClNO2. The van der Waals surface area contributed by atoms with Crippen molar-refractivity contribution in [3.05, 3.63) is 93.2 Å². The van der Waals surface area contributed by atoms with Gasteiger partial charge in [-0.1, -0.05) is 59.6 Å². The highest BCUT2D eigenvalue weighted by atomic mass is 35.5. The molecule has 27 heavy (non-hydrogen) atoms. The van der Waals surface area contributed by atoms with Crippen LogP contribution in [0.4, 0.5) is 0 Å². The van der Waals surface area contributed by atoms with Crippen molar-refractivity contribution in [2.45, 2.75) is 33.2 Å². The molecule has 0 amide bonds. The summed E-state index contributed by atoms with van der Waals surface area (Å²) in [7, 11) is 0. The second-order valence-corrected chi connectivity index (χ2v) is 7.26. The highest BCUT2D eigenvalue weighted by Gasteiger charge is 2.31. The Morgan fingerprint density at radius 1 is 0.963 bits per heavy atom. The van der Waals surface area contributed by atoms with Gasteiger partial charge in [0.15, 0.2) is 0 Å². The molecule has 1 N–H and O–H groups in total. The van der Waals surface area contributed by atoms with E-state index in [0.29, 0.717) is 17.7 Å². The number of halogens is 1. The lowest BCUT2D eigenvalue weighted by Gasteiger charge is -2.19. The van der Waals surface area contributed by atoms with Gasteiger partial charge < -0.3 is 5.32 Å². The summed E-state index contributed by atoms with van der Waals surface area (Å²) in [5.41, 5.74) is 4.28. The molecule has 1 aliphatic rings. The number of hydrogen-bond acceptors (Lipinski definition) is 3. The summed E-state index contributed by atoms with van der Waals surface area (Å²) < 4.78 is 0. The minimum atomic E-state index is -0.300. The number of ketones is 2. The highest BCUT2D eigenvalue weighted by molar-refractivity contribution is 6.49. The normalized spacial score (nSPS) is 13.4. The van der Waals surface area contributed by atoms with Crippen molar-refractivity contribution in [1.29, 1.82) is 0 Å². The zero-order valence-corrected chi connectivity index (χ0v) is 16.3. The van der Waals surface area contributed by atoms with Crippen molar-refractivity contribution in [2.75, 3.05) is 0 Å². The van der Waals surface area contributed by atoms with Crippen molar-refractivity contribution in [2.24, 2.45) is 0 Å². The Morgan fingerprint density at radius 3 is 2.41 bits per heavy atom. The van der Waals surface area contributed by atoms with Gasteiger partial charge in [0, 0.05) is 17.7 Å². The molecule has 0 bridgehead atoms. The number of hydrogen-bond donors (Lipinski definition) is 1. The van der Waals surface area contributed by atoms with E-state index in [1.54, 1.807) is 12.1 Å². The summed E-state index contributed by atoms with van der Waals surface area (Å²) in [6.45, 7) is 4.55. The Balaban J connectivity index is 1.81. The predicted octanol–water partition coefficient (Wildman–Crippen LogP) is 5.20. The summed E-state index contributed by atoms with van der Waals surface area (Å²) in [4.78, 5) is 25.6. The smallest absolute Gasteiger partial charge is 0.211 e. The van der Waals surface area contributed by atoms with E-state index in [4.69, 9.17) is 11.6 Å². The molecule has 0 unspecified atom stereocenters. The lowest BCUT2D eigenvalue weighted by Crippen LogP contribution is -2.29. The maximum absolute atomic E-state index is 12.8. The number of carbonyl (C=O) groups excluding carboxylic acids is 2. The van der Waals surface area contributed by atoms with E-state index in [1.807, 2.05) is 36.4 Å². The van der Waals surface area contributed by atoms with E-state index in [0.717, 1.165) is 24.0 Å². The molecule has 4 heteroatoms. The average molecular weight is 380 g/mol. The number of carbonyl (C=O) groups is 2. The Kier molecular flexibility index (Phi) is 5.92. The van der Waals surface area contributed by atoms with Crippen molar-refractivity contribution in [1.82, 2.24) is 5.32 Å². The number of benzene rings is 2. The second kappa shape index (κ2) is 8.36. The third-order valence-electron chi connectivity index (χ3n) is 4.52. The molecular weight excluding hydrogens is 358 g/mol. The number of allylic oxidation sites excluding steroid dienone is 4. The SMILES string of the molecule is CC(C)=CCCc1ccc2c(c1)C(=O)C(Cl)=C(NCc1ccccc1)C2=O. The number of aryl methyl sites for hydroxylation is 1. The summed E-state index contributed by atoms with van der Waals surface area (Å²) in [5, 5.41) is 3.00. The minimum absolute atomic E-state index is 0.0371. The summed E-state index contributed by atoms with van der Waals surface area (Å²) in [5.74, 6) is -0.535. The fraction of sp³-hybridized carbons (Fsp3) is 0.217. The molecule has 0 fully saturated rings. The Bertz CT molecular complexity index is 938. The zero-order chi connectivity index (χ0) is 19.4. The number of nitrogens with one attached hydrogen (secondary N) is 1. The van der Waals surface area contributed by atoms with E-state index >= 15 is 0 Å². The van der Waals surface area contributed by atoms with Gasteiger partial charge in [-0.25, -0.2) is 0 Å². The predicted molar refractivity (Wildman–Crippen MR) is 109 cm³/mol. The maximum Gasteiger partial charge on any atom is 0.211 e. The fourth-order valence-corrected chi connectivity index (χ4v) is 3.33. The van der Waals surface area contributed by atoms with E-state index in [1.165, 1.54) is 5.57 Å². The van der Waals surface area contributed by atoms with Gasteiger partial charge in [-0.3, -0.25) is 9.59 Å². The van der Waals surface area contributed by atoms with Crippen LogP contribution in [0.2, 0.25) is 0 Å². The van der Waals surface area contributed by atoms with Gasteiger partial charge in [0.1, 0.15) is 10.7 Å². The van der Waals surface area contributed by atoms with Crippen LogP contribution in [0.15, 0.2) is 70.9 Å². The topological polar surface area (TPSA) is 46.2 Å². The third-order valence-corrected chi connectivity index (χ3v) is 4.88. The van der Waals surface area contributed by atoms with Gasteiger partial charge in [-0.2, -0.15) is 0 Å². The average Bonchev–Trinajstić information content (AvgIpc) is 2.66. The van der Waals surface area contributed by atoms with Crippen LogP contribution in [-0.4, -0.2) is 11.6 Å². The molecule has 3 nitrogen and oxygen atoms in total. The molecule has 0 aromatic heterocycles. The van der Waals surface area contributed by atoms with Crippen LogP contribution in [0, 0.1) is 0 Å². The third kappa shape index (κ3) is 4.37. The molecule has 1 aliphatic carbocycles. The Hall–Kier alpha value is -2.65. The number of Topliss-reactive ketones (excluding diaryl/α,β-unsaturated/α-hetero) is 2. The first-order valence-corrected chi connectivity index (χ1v) is 9.38. The van der Waals surface area contributed by atoms with Crippen LogP contribution in [-0.2, 0) is 13.0 Å². The van der Waals surface area contributed by atoms with Crippen LogP contribution in [0.25, 0.3) is 0 Å². The molecule has 138 valence electrons. The number of rotatable bonds is 6. The standard InChI is InChI=1S/C23H22ClNO2/c1-15(2)7-6-10-16-11-12-18-19(13-16)22(26)20(24)21(23(18)27)25-14-17-8-4-3-5-9-17/h3-5,7-9,11-13,25H,6,10,14H2,1-2H3. The van der Waals surface area contributed by atoms with Crippen molar-refractivity contribution in [3.63, 3.8) is 0 Å². The first-order chi connectivity index (χ1) is 13.0. The quantitative estimate of drug-likeness (QED) is 0.701. The summed E-state index contributed by atoms with van der Waals surface area (Å²) in [6, 6.07) is 15.1. The van der Waals surface area contributed by atoms with Crippen LogP contribution < -0.4 is 5.32 Å². The van der Waals surface area contributed by atoms with Gasteiger partial charge in [0.25, 0.3) is 0 Å². The second-order valence-electron chi connectivity index (χ2n) is 6.89. The lowest BCUT2D eigenvalue weighted by atomic mass is 9.90. The van der Waals surface area contributed by atoms with Gasteiger partial charge in [-0.05, 0) is 49.9 Å². The molecule has 3 rings (SSSR count). The molecule has 0 saturated carbocycles. The molecule has 0 heterocycles. The fourth-order valence-electron chi connectivity index (χ4n) is 3.07. The molecule has 0 saturated heterocycles. The van der Waals surface area contributed by atoms with Gasteiger partial charge >= 0.3 is 0 Å². The van der Waals surface area contributed by atoms with Crippen LogP contribution >= 0.6 is 11.6 Å². The van der Waals surface area contributed by atoms with Gasteiger partial charge in [0.2, 0.25) is 11.6 Å². The summed E-state index contributed by atoms with van der Waals surface area (Å²) in [6.07, 6.45) is 3.88. The Morgan fingerprint density at radius 2 is 1.70 bits per heavy atom. The minimum Gasteiger partial charge on any atom is -0.376 e. The molecule has 2 aromatic carbocycles. The summed E-state index contributed by atoms with van der Waals surface area (Å²) >= 11 is 6.26. The Labute approximate surface area is 164 Å². The molecule has 0 atom stereocenters. The first kappa shape index (κ1) is 19.1. The molecule has 0 spiro atoms.